The topological polar surface area (TPSA) is 79.1 Å². The number of phenolic OH excluding ortho intramolecular Hbond substituents is 1. The normalized spacial score (nSPS) is 14.3. The highest BCUT2D eigenvalue weighted by molar-refractivity contribution is 5.85. The van der Waals surface area contributed by atoms with Gasteiger partial charge in [0, 0.05) is 17.3 Å². The van der Waals surface area contributed by atoms with Gasteiger partial charge in [-0.05, 0) is 24.3 Å². The van der Waals surface area contributed by atoms with E-state index >= 15 is 0 Å². The second-order valence-electron chi connectivity index (χ2n) is 5.06. The summed E-state index contributed by atoms with van der Waals surface area (Å²) in [6, 6.07) is 10.6. The van der Waals surface area contributed by atoms with Crippen LogP contribution in [0.5, 0.6) is 5.75 Å². The number of hydrogen-bond donors (Lipinski definition) is 2. The molecular formula is C17H14F3NO4. The summed E-state index contributed by atoms with van der Waals surface area (Å²) < 4.78 is 43.5. The molecule has 0 heterocycles. The van der Waals surface area contributed by atoms with E-state index in [1.807, 2.05) is 0 Å². The Morgan fingerprint density at radius 1 is 1.12 bits per heavy atom. The first-order valence-corrected chi connectivity index (χ1v) is 7.00. The lowest BCUT2D eigenvalue weighted by Crippen LogP contribution is -2.49. The van der Waals surface area contributed by atoms with Gasteiger partial charge in [-0.15, -0.1) is 0 Å². The van der Waals surface area contributed by atoms with Crippen molar-refractivity contribution in [2.24, 2.45) is 4.99 Å². The number of para-hydroxylation sites is 1. The summed E-state index contributed by atoms with van der Waals surface area (Å²) in [5.41, 5.74) is -3.76. The predicted octanol–water partition coefficient (Wildman–Crippen LogP) is 3.07. The molecule has 0 fully saturated rings. The van der Waals surface area contributed by atoms with E-state index in [0.29, 0.717) is 5.56 Å². The van der Waals surface area contributed by atoms with Crippen molar-refractivity contribution in [3.05, 3.63) is 59.7 Å². The molecule has 0 saturated heterocycles. The quantitative estimate of drug-likeness (QED) is 0.654. The molecule has 0 aromatic heterocycles. The average molecular weight is 353 g/mol. The highest BCUT2D eigenvalue weighted by Crippen LogP contribution is 2.40. The molecule has 0 bridgehead atoms. The fourth-order valence-electron chi connectivity index (χ4n) is 2.07. The van der Waals surface area contributed by atoms with Crippen LogP contribution in [-0.2, 0) is 15.1 Å². The summed E-state index contributed by atoms with van der Waals surface area (Å²) in [6.45, 7) is 0. The van der Waals surface area contributed by atoms with E-state index in [1.54, 1.807) is 18.2 Å². The van der Waals surface area contributed by atoms with Crippen molar-refractivity contribution < 1.29 is 32.9 Å². The molecule has 0 unspecified atom stereocenters. The number of carbonyl (C=O) groups is 1. The Labute approximate surface area is 141 Å². The van der Waals surface area contributed by atoms with Gasteiger partial charge in [-0.1, -0.05) is 24.3 Å². The number of hydrogen-bond acceptors (Lipinski definition) is 5. The van der Waals surface area contributed by atoms with E-state index < -0.39 is 23.3 Å². The number of halogens is 3. The molecule has 2 aromatic rings. The van der Waals surface area contributed by atoms with Crippen LogP contribution >= 0.6 is 0 Å². The number of aromatic hydroxyl groups is 1. The zero-order valence-corrected chi connectivity index (χ0v) is 13.0. The van der Waals surface area contributed by atoms with Crippen LogP contribution in [0.3, 0.4) is 0 Å². The van der Waals surface area contributed by atoms with Crippen LogP contribution in [0.2, 0.25) is 0 Å². The maximum atomic E-state index is 13.1. The molecule has 0 aliphatic rings. The third-order valence-corrected chi connectivity index (χ3v) is 3.47. The SMILES string of the molecule is COC(=O)[C@](O)(c1ccc(N=Cc2ccccc2O)cc1)C(F)(F)F. The standard InChI is InChI=1S/C17H14F3NO4/c1-25-15(23)16(24,17(18,19)20)12-6-8-13(9-7-12)21-10-11-4-2-3-5-14(11)22/h2-10,22,24H,1H3/t16-/m1/s1. The van der Waals surface area contributed by atoms with Crippen LogP contribution in [0.4, 0.5) is 18.9 Å². The minimum atomic E-state index is -5.25. The Bertz CT molecular complexity index is 787. The minimum Gasteiger partial charge on any atom is -0.507 e. The van der Waals surface area contributed by atoms with Crippen molar-refractivity contribution in [1.29, 1.82) is 0 Å². The van der Waals surface area contributed by atoms with Crippen molar-refractivity contribution in [3.63, 3.8) is 0 Å². The van der Waals surface area contributed by atoms with Gasteiger partial charge in [0.1, 0.15) is 5.75 Å². The molecule has 2 rings (SSSR count). The van der Waals surface area contributed by atoms with Gasteiger partial charge < -0.3 is 14.9 Å². The number of carbonyl (C=O) groups excluding carboxylic acids is 1. The van der Waals surface area contributed by atoms with Crippen molar-refractivity contribution in [2.45, 2.75) is 11.8 Å². The molecule has 8 heteroatoms. The van der Waals surface area contributed by atoms with Gasteiger partial charge in [0.25, 0.3) is 5.60 Å². The Kier molecular flexibility index (Phi) is 5.13. The molecule has 5 nitrogen and oxygen atoms in total. The molecule has 0 amide bonds. The highest BCUT2D eigenvalue weighted by atomic mass is 19.4. The summed E-state index contributed by atoms with van der Waals surface area (Å²) in [5, 5.41) is 19.5. The monoisotopic (exact) mass is 353 g/mol. The van der Waals surface area contributed by atoms with Gasteiger partial charge in [0.05, 0.1) is 12.8 Å². The van der Waals surface area contributed by atoms with E-state index in [4.69, 9.17) is 0 Å². The number of benzene rings is 2. The van der Waals surface area contributed by atoms with Crippen molar-refractivity contribution in [1.82, 2.24) is 0 Å². The molecule has 0 aliphatic carbocycles. The number of esters is 1. The largest absolute Gasteiger partial charge is 0.507 e. The lowest BCUT2D eigenvalue weighted by Gasteiger charge is -2.27. The zero-order valence-electron chi connectivity index (χ0n) is 13.0. The summed E-state index contributed by atoms with van der Waals surface area (Å²) in [7, 11) is 0.754. The maximum Gasteiger partial charge on any atom is 0.432 e. The van der Waals surface area contributed by atoms with Crippen molar-refractivity contribution in [3.8, 4) is 5.75 Å². The first-order chi connectivity index (χ1) is 11.7. The minimum absolute atomic E-state index is 0.00000737. The lowest BCUT2D eigenvalue weighted by atomic mass is 9.93. The van der Waals surface area contributed by atoms with E-state index in [0.717, 1.165) is 19.2 Å². The smallest absolute Gasteiger partial charge is 0.432 e. The second kappa shape index (κ2) is 6.94. The molecule has 1 atom stereocenters. The lowest BCUT2D eigenvalue weighted by molar-refractivity contribution is -0.266. The van der Waals surface area contributed by atoms with Crippen LogP contribution in [-0.4, -0.2) is 35.7 Å². The summed E-state index contributed by atoms with van der Waals surface area (Å²) in [6.07, 6.45) is -3.92. The number of aliphatic imine (C=N–C) groups is 1. The molecule has 0 saturated carbocycles. The van der Waals surface area contributed by atoms with E-state index in [9.17, 15) is 28.2 Å². The van der Waals surface area contributed by atoms with E-state index in [2.05, 4.69) is 9.73 Å². The second-order valence-corrected chi connectivity index (χ2v) is 5.06. The molecule has 25 heavy (non-hydrogen) atoms. The van der Waals surface area contributed by atoms with E-state index in [-0.39, 0.29) is 11.4 Å². The molecule has 2 aromatic carbocycles. The van der Waals surface area contributed by atoms with Gasteiger partial charge in [0.2, 0.25) is 0 Å². The number of nitrogens with zero attached hydrogens (tertiary/aromatic N) is 1. The Morgan fingerprint density at radius 3 is 2.24 bits per heavy atom. The van der Waals surface area contributed by atoms with Gasteiger partial charge in [-0.2, -0.15) is 13.2 Å². The maximum absolute atomic E-state index is 13.1. The van der Waals surface area contributed by atoms with Gasteiger partial charge in [-0.25, -0.2) is 4.79 Å². The van der Waals surface area contributed by atoms with Gasteiger partial charge >= 0.3 is 12.1 Å². The van der Waals surface area contributed by atoms with E-state index in [1.165, 1.54) is 24.4 Å². The first-order valence-electron chi connectivity index (χ1n) is 7.00. The molecule has 0 spiro atoms. The summed E-state index contributed by atoms with van der Waals surface area (Å²) in [4.78, 5) is 15.5. The van der Waals surface area contributed by atoms with Crippen LogP contribution in [0, 0.1) is 0 Å². The Hall–Kier alpha value is -2.87. The molecule has 0 aliphatic heterocycles. The number of methoxy groups -OCH3 is 1. The first kappa shape index (κ1) is 18.5. The number of ether oxygens (including phenoxy) is 1. The Morgan fingerprint density at radius 2 is 1.72 bits per heavy atom. The van der Waals surface area contributed by atoms with Crippen LogP contribution in [0.25, 0.3) is 0 Å². The number of aliphatic hydroxyl groups is 1. The highest BCUT2D eigenvalue weighted by Gasteiger charge is 2.62. The van der Waals surface area contributed by atoms with Crippen LogP contribution in [0.15, 0.2) is 53.5 Å². The van der Waals surface area contributed by atoms with Crippen LogP contribution in [0.1, 0.15) is 11.1 Å². The molecule has 2 N–H and O–H groups in total. The third kappa shape index (κ3) is 3.63. The van der Waals surface area contributed by atoms with Crippen LogP contribution < -0.4 is 0 Å². The van der Waals surface area contributed by atoms with Crippen molar-refractivity contribution in [2.75, 3.05) is 7.11 Å². The number of phenols is 1. The Balaban J connectivity index is 2.32. The fourth-order valence-corrected chi connectivity index (χ4v) is 2.07. The van der Waals surface area contributed by atoms with Crippen molar-refractivity contribution >= 4 is 17.9 Å². The van der Waals surface area contributed by atoms with Gasteiger partial charge in [0.15, 0.2) is 0 Å². The fraction of sp³-hybridized carbons (Fsp3) is 0.176. The van der Waals surface area contributed by atoms with Gasteiger partial charge in [-0.3, -0.25) is 4.99 Å². The number of rotatable bonds is 4. The summed E-state index contributed by atoms with van der Waals surface area (Å²) >= 11 is 0. The summed E-state index contributed by atoms with van der Waals surface area (Å²) in [5.74, 6) is -1.83. The average Bonchev–Trinajstić information content (AvgIpc) is 2.59. The molecule has 132 valence electrons. The molecular weight excluding hydrogens is 339 g/mol. The zero-order chi connectivity index (χ0) is 18.7. The number of alkyl halides is 3. The predicted molar refractivity (Wildman–Crippen MR) is 83.8 cm³/mol. The molecule has 0 radical (unpaired) electrons. The third-order valence-electron chi connectivity index (χ3n) is 3.47.